The minimum absolute atomic E-state index is 0.602. The van der Waals surface area contributed by atoms with Crippen LogP contribution in [0.2, 0.25) is 0 Å². The predicted octanol–water partition coefficient (Wildman–Crippen LogP) is 3.97. The fourth-order valence-electron chi connectivity index (χ4n) is 2.99. The van der Waals surface area contributed by atoms with Crippen molar-refractivity contribution in [3.8, 4) is 5.75 Å². The Morgan fingerprint density at radius 2 is 2.11 bits per heavy atom. The maximum absolute atomic E-state index is 5.75. The van der Waals surface area contributed by atoms with E-state index in [0.29, 0.717) is 17.9 Å². The molecule has 0 fully saturated rings. The summed E-state index contributed by atoms with van der Waals surface area (Å²) in [7, 11) is 0. The zero-order chi connectivity index (χ0) is 13.7. The molecule has 0 aliphatic carbocycles. The van der Waals surface area contributed by atoms with Crippen LogP contribution in [0.15, 0.2) is 24.3 Å². The van der Waals surface area contributed by atoms with Gasteiger partial charge in [-0.3, -0.25) is 0 Å². The molecule has 2 atom stereocenters. The van der Waals surface area contributed by atoms with E-state index in [0.717, 1.165) is 18.9 Å². The van der Waals surface area contributed by atoms with Crippen LogP contribution in [0.5, 0.6) is 5.75 Å². The number of hydrogen-bond donors (Lipinski definition) is 1. The highest BCUT2D eigenvalue weighted by Gasteiger charge is 2.23. The van der Waals surface area contributed by atoms with Gasteiger partial charge in [-0.1, -0.05) is 45.4 Å². The minimum atomic E-state index is 0.602. The van der Waals surface area contributed by atoms with Crippen molar-refractivity contribution in [1.29, 1.82) is 0 Å². The molecule has 1 aliphatic rings. The highest BCUT2D eigenvalue weighted by atomic mass is 16.5. The second-order valence-electron chi connectivity index (χ2n) is 5.88. The number of benzene rings is 1. The first-order chi connectivity index (χ1) is 9.22. The van der Waals surface area contributed by atoms with E-state index < -0.39 is 0 Å². The van der Waals surface area contributed by atoms with E-state index in [1.807, 2.05) is 0 Å². The average molecular weight is 261 g/mol. The van der Waals surface area contributed by atoms with Crippen molar-refractivity contribution >= 4 is 0 Å². The molecule has 1 aliphatic heterocycles. The van der Waals surface area contributed by atoms with Crippen molar-refractivity contribution in [3.63, 3.8) is 0 Å². The summed E-state index contributed by atoms with van der Waals surface area (Å²) in [6.07, 6.45) is 3.79. The number of para-hydroxylation sites is 1. The van der Waals surface area contributed by atoms with Crippen LogP contribution in [0.3, 0.4) is 0 Å². The van der Waals surface area contributed by atoms with Crippen LogP contribution >= 0.6 is 0 Å². The second kappa shape index (κ2) is 6.95. The number of ether oxygens (including phenoxy) is 1. The maximum atomic E-state index is 5.75. The van der Waals surface area contributed by atoms with Crippen molar-refractivity contribution in [1.82, 2.24) is 5.32 Å². The second-order valence-corrected chi connectivity index (χ2v) is 5.88. The molecule has 0 bridgehead atoms. The van der Waals surface area contributed by atoms with Crippen LogP contribution in [-0.4, -0.2) is 19.2 Å². The van der Waals surface area contributed by atoms with E-state index >= 15 is 0 Å². The molecule has 2 heteroatoms. The monoisotopic (exact) mass is 261 g/mol. The lowest BCUT2D eigenvalue weighted by Gasteiger charge is -2.22. The van der Waals surface area contributed by atoms with Crippen LogP contribution in [0.25, 0.3) is 0 Å². The van der Waals surface area contributed by atoms with Gasteiger partial charge in [0.05, 0.1) is 6.61 Å². The molecule has 1 heterocycles. The number of rotatable bonds is 7. The van der Waals surface area contributed by atoms with Crippen LogP contribution in [0.4, 0.5) is 0 Å². The minimum Gasteiger partial charge on any atom is -0.493 e. The van der Waals surface area contributed by atoms with E-state index in [4.69, 9.17) is 4.74 Å². The van der Waals surface area contributed by atoms with E-state index in [2.05, 4.69) is 50.4 Å². The van der Waals surface area contributed by atoms with E-state index in [1.165, 1.54) is 24.8 Å². The summed E-state index contributed by atoms with van der Waals surface area (Å²) in [6.45, 7) is 8.74. The van der Waals surface area contributed by atoms with Gasteiger partial charge in [0.15, 0.2) is 0 Å². The number of fused-ring (bicyclic) bond motifs is 1. The molecule has 2 nitrogen and oxygen atoms in total. The van der Waals surface area contributed by atoms with Gasteiger partial charge in [0.1, 0.15) is 5.75 Å². The van der Waals surface area contributed by atoms with Gasteiger partial charge in [0.2, 0.25) is 0 Å². The molecule has 0 saturated heterocycles. The topological polar surface area (TPSA) is 21.3 Å². The molecule has 2 rings (SSSR count). The smallest absolute Gasteiger partial charge is 0.122 e. The largest absolute Gasteiger partial charge is 0.493 e. The Balaban J connectivity index is 1.80. The lowest BCUT2D eigenvalue weighted by atomic mass is 9.92. The first kappa shape index (κ1) is 14.4. The average Bonchev–Trinajstić information content (AvgIpc) is 2.81. The molecule has 2 unspecified atom stereocenters. The first-order valence-electron chi connectivity index (χ1n) is 7.67. The molecule has 1 aromatic carbocycles. The van der Waals surface area contributed by atoms with Crippen LogP contribution < -0.4 is 10.1 Å². The lowest BCUT2D eigenvalue weighted by molar-refractivity contribution is 0.314. The Hall–Kier alpha value is -1.02. The van der Waals surface area contributed by atoms with Crippen molar-refractivity contribution in [3.05, 3.63) is 29.8 Å². The quantitative estimate of drug-likeness (QED) is 0.802. The fourth-order valence-corrected chi connectivity index (χ4v) is 2.99. The molecule has 1 N–H and O–H groups in total. The van der Waals surface area contributed by atoms with Crippen molar-refractivity contribution < 1.29 is 4.74 Å². The molecule has 106 valence electrons. The molecule has 1 aromatic rings. The molecule has 0 radical (unpaired) electrons. The number of hydrogen-bond acceptors (Lipinski definition) is 2. The summed E-state index contributed by atoms with van der Waals surface area (Å²) in [5.41, 5.74) is 1.41. The fraction of sp³-hybridized carbons (Fsp3) is 0.647. The highest BCUT2D eigenvalue weighted by Crippen LogP contribution is 2.36. The third-order valence-electron chi connectivity index (χ3n) is 4.14. The Morgan fingerprint density at radius 1 is 1.32 bits per heavy atom. The Labute approximate surface area is 117 Å². The van der Waals surface area contributed by atoms with E-state index in [-0.39, 0.29) is 0 Å². The molecule has 0 aromatic heterocycles. The van der Waals surface area contributed by atoms with Crippen molar-refractivity contribution in [2.45, 2.75) is 52.0 Å². The van der Waals surface area contributed by atoms with Gasteiger partial charge < -0.3 is 10.1 Å². The molecule has 0 spiro atoms. The molecular weight excluding hydrogens is 234 g/mol. The molecule has 0 saturated carbocycles. The molecular formula is C17H27NO. The standard InChI is InChI=1S/C17H27NO/c1-4-18-16(13(2)3)10-7-8-14-12-19-17-11-6-5-9-15(14)17/h5-6,9,11,13-14,16,18H,4,7-8,10,12H2,1-3H3. The zero-order valence-electron chi connectivity index (χ0n) is 12.5. The zero-order valence-corrected chi connectivity index (χ0v) is 12.5. The van der Waals surface area contributed by atoms with Gasteiger partial charge in [-0.25, -0.2) is 0 Å². The van der Waals surface area contributed by atoms with E-state index in [9.17, 15) is 0 Å². The van der Waals surface area contributed by atoms with Crippen molar-refractivity contribution in [2.24, 2.45) is 5.92 Å². The highest BCUT2D eigenvalue weighted by molar-refractivity contribution is 5.39. The van der Waals surface area contributed by atoms with Gasteiger partial charge >= 0.3 is 0 Å². The Morgan fingerprint density at radius 3 is 2.84 bits per heavy atom. The van der Waals surface area contributed by atoms with Crippen LogP contribution in [-0.2, 0) is 0 Å². The SMILES string of the molecule is CCNC(CCCC1COc2ccccc21)C(C)C. The van der Waals surface area contributed by atoms with E-state index in [1.54, 1.807) is 0 Å². The van der Waals surface area contributed by atoms with Gasteiger partial charge in [0.25, 0.3) is 0 Å². The van der Waals surface area contributed by atoms with Crippen molar-refractivity contribution in [2.75, 3.05) is 13.2 Å². The Bertz CT molecular complexity index is 389. The van der Waals surface area contributed by atoms with Gasteiger partial charge in [-0.2, -0.15) is 0 Å². The molecule has 19 heavy (non-hydrogen) atoms. The van der Waals surface area contributed by atoms with Crippen LogP contribution in [0.1, 0.15) is 51.5 Å². The summed E-state index contributed by atoms with van der Waals surface area (Å²) < 4.78 is 5.75. The maximum Gasteiger partial charge on any atom is 0.122 e. The predicted molar refractivity (Wildman–Crippen MR) is 80.8 cm³/mol. The third-order valence-corrected chi connectivity index (χ3v) is 4.14. The summed E-state index contributed by atoms with van der Waals surface area (Å²) in [5.74, 6) is 2.41. The summed E-state index contributed by atoms with van der Waals surface area (Å²) in [4.78, 5) is 0. The normalized spacial score (nSPS) is 19.3. The summed E-state index contributed by atoms with van der Waals surface area (Å²) in [6, 6.07) is 9.14. The summed E-state index contributed by atoms with van der Waals surface area (Å²) >= 11 is 0. The van der Waals surface area contributed by atoms with Gasteiger partial charge in [-0.15, -0.1) is 0 Å². The number of nitrogens with one attached hydrogen (secondary N) is 1. The first-order valence-corrected chi connectivity index (χ1v) is 7.67. The molecule has 0 amide bonds. The lowest BCUT2D eigenvalue weighted by Crippen LogP contribution is -2.33. The Kier molecular flexibility index (Phi) is 5.26. The van der Waals surface area contributed by atoms with Gasteiger partial charge in [-0.05, 0) is 31.4 Å². The van der Waals surface area contributed by atoms with Crippen LogP contribution in [0, 0.1) is 5.92 Å². The summed E-state index contributed by atoms with van der Waals surface area (Å²) in [5, 5.41) is 3.60. The third kappa shape index (κ3) is 3.73. The van der Waals surface area contributed by atoms with Gasteiger partial charge in [0, 0.05) is 17.5 Å².